The van der Waals surface area contributed by atoms with E-state index in [0.717, 1.165) is 42.5 Å². The summed E-state index contributed by atoms with van der Waals surface area (Å²) in [6.07, 6.45) is 2.77. The SMILES string of the molecule is CCNC(=NCc1cccc(OCc2ccccn2)c1)NCCc1cccs1.I. The maximum Gasteiger partial charge on any atom is 0.191 e. The molecule has 0 aliphatic carbocycles. The van der Waals surface area contributed by atoms with Crippen LogP contribution >= 0.6 is 35.3 Å². The van der Waals surface area contributed by atoms with E-state index in [1.54, 1.807) is 17.5 Å². The van der Waals surface area contributed by atoms with Gasteiger partial charge >= 0.3 is 0 Å². The summed E-state index contributed by atoms with van der Waals surface area (Å²) in [5.41, 5.74) is 2.02. The molecule has 0 radical (unpaired) electrons. The molecule has 0 saturated heterocycles. The van der Waals surface area contributed by atoms with Gasteiger partial charge < -0.3 is 15.4 Å². The third-order valence-electron chi connectivity index (χ3n) is 4.02. The van der Waals surface area contributed by atoms with E-state index in [1.807, 2.05) is 36.4 Å². The molecule has 0 spiro atoms. The number of benzene rings is 1. The average molecular weight is 522 g/mol. The number of nitrogens with zero attached hydrogens (tertiary/aromatic N) is 2. The highest BCUT2D eigenvalue weighted by Gasteiger charge is 2.01. The molecule has 0 atom stereocenters. The van der Waals surface area contributed by atoms with Gasteiger partial charge in [-0.15, -0.1) is 35.3 Å². The number of aromatic nitrogens is 1. The van der Waals surface area contributed by atoms with Crippen LogP contribution in [0.1, 0.15) is 23.1 Å². The van der Waals surface area contributed by atoms with Crippen molar-refractivity contribution in [3.05, 3.63) is 82.3 Å². The van der Waals surface area contributed by atoms with E-state index in [1.165, 1.54) is 4.88 Å². The summed E-state index contributed by atoms with van der Waals surface area (Å²) >= 11 is 1.78. The Morgan fingerprint density at radius 1 is 1.10 bits per heavy atom. The quantitative estimate of drug-likeness (QED) is 0.244. The third-order valence-corrected chi connectivity index (χ3v) is 4.96. The lowest BCUT2D eigenvalue weighted by atomic mass is 10.2. The van der Waals surface area contributed by atoms with Gasteiger partial charge in [0, 0.05) is 24.2 Å². The van der Waals surface area contributed by atoms with E-state index >= 15 is 0 Å². The Hall–Kier alpha value is -2.13. The number of thiophene rings is 1. The minimum absolute atomic E-state index is 0. The number of hydrogen-bond donors (Lipinski definition) is 2. The molecule has 0 unspecified atom stereocenters. The largest absolute Gasteiger partial charge is 0.487 e. The molecular weight excluding hydrogens is 495 g/mol. The second kappa shape index (κ2) is 13.2. The Morgan fingerprint density at radius 2 is 2.03 bits per heavy atom. The Morgan fingerprint density at radius 3 is 2.79 bits per heavy atom. The van der Waals surface area contributed by atoms with Crippen LogP contribution in [0.25, 0.3) is 0 Å². The zero-order valence-corrected chi connectivity index (χ0v) is 19.7. The lowest BCUT2D eigenvalue weighted by Gasteiger charge is -2.11. The lowest BCUT2D eigenvalue weighted by molar-refractivity contribution is 0.301. The molecule has 7 heteroatoms. The van der Waals surface area contributed by atoms with Crippen LogP contribution in [-0.4, -0.2) is 24.0 Å². The molecule has 0 aliphatic heterocycles. The summed E-state index contributed by atoms with van der Waals surface area (Å²) in [5.74, 6) is 1.66. The van der Waals surface area contributed by atoms with E-state index < -0.39 is 0 Å². The highest BCUT2D eigenvalue weighted by Crippen LogP contribution is 2.15. The number of aliphatic imine (C=N–C) groups is 1. The molecule has 3 rings (SSSR count). The number of pyridine rings is 1. The van der Waals surface area contributed by atoms with E-state index in [2.05, 4.69) is 46.1 Å². The molecule has 2 heterocycles. The van der Waals surface area contributed by atoms with Gasteiger partial charge in [-0.3, -0.25) is 4.98 Å². The monoisotopic (exact) mass is 522 g/mol. The zero-order chi connectivity index (χ0) is 19.4. The fraction of sp³-hybridized carbons (Fsp3) is 0.273. The van der Waals surface area contributed by atoms with Gasteiger partial charge in [0.2, 0.25) is 0 Å². The van der Waals surface area contributed by atoms with Crippen molar-refractivity contribution in [1.82, 2.24) is 15.6 Å². The predicted octanol–water partition coefficient (Wildman–Crippen LogP) is 4.64. The number of hydrogen-bond acceptors (Lipinski definition) is 4. The minimum Gasteiger partial charge on any atom is -0.487 e. The molecule has 0 amide bonds. The van der Waals surface area contributed by atoms with E-state index in [4.69, 9.17) is 9.73 Å². The number of nitrogens with one attached hydrogen (secondary N) is 2. The molecule has 2 N–H and O–H groups in total. The first kappa shape index (κ1) is 23.2. The molecule has 154 valence electrons. The molecule has 5 nitrogen and oxygen atoms in total. The molecule has 0 bridgehead atoms. The summed E-state index contributed by atoms with van der Waals surface area (Å²) in [5, 5.41) is 8.80. The van der Waals surface area contributed by atoms with Gasteiger partial charge in [0.25, 0.3) is 0 Å². The van der Waals surface area contributed by atoms with Gasteiger partial charge in [-0.05, 0) is 54.6 Å². The van der Waals surface area contributed by atoms with Gasteiger partial charge in [-0.25, -0.2) is 4.99 Å². The molecular formula is C22H27IN4OS. The fourth-order valence-corrected chi connectivity index (χ4v) is 3.35. The number of rotatable bonds is 9. The van der Waals surface area contributed by atoms with Crippen LogP contribution in [0.3, 0.4) is 0 Å². The smallest absolute Gasteiger partial charge is 0.191 e. The molecule has 1 aromatic carbocycles. The van der Waals surface area contributed by atoms with Crippen molar-refractivity contribution in [3.63, 3.8) is 0 Å². The maximum absolute atomic E-state index is 5.85. The Labute approximate surface area is 193 Å². The Kier molecular flexibility index (Phi) is 10.5. The predicted molar refractivity (Wildman–Crippen MR) is 131 cm³/mol. The van der Waals surface area contributed by atoms with Gasteiger partial charge in [0.15, 0.2) is 5.96 Å². The summed E-state index contributed by atoms with van der Waals surface area (Å²) in [6, 6.07) is 18.1. The summed E-state index contributed by atoms with van der Waals surface area (Å²) < 4.78 is 5.85. The molecule has 29 heavy (non-hydrogen) atoms. The second-order valence-electron chi connectivity index (χ2n) is 6.21. The van der Waals surface area contributed by atoms with Crippen molar-refractivity contribution in [2.45, 2.75) is 26.5 Å². The first-order valence-corrected chi connectivity index (χ1v) is 10.4. The molecule has 0 aliphatic rings. The van der Waals surface area contributed by atoms with E-state index in [9.17, 15) is 0 Å². The minimum atomic E-state index is 0. The molecule has 0 saturated carbocycles. The van der Waals surface area contributed by atoms with Crippen molar-refractivity contribution in [2.75, 3.05) is 13.1 Å². The maximum atomic E-state index is 5.85. The van der Waals surface area contributed by atoms with Crippen LogP contribution in [-0.2, 0) is 19.6 Å². The van der Waals surface area contributed by atoms with Crippen LogP contribution in [0.15, 0.2) is 71.2 Å². The van der Waals surface area contributed by atoms with Crippen molar-refractivity contribution in [3.8, 4) is 5.75 Å². The van der Waals surface area contributed by atoms with Crippen LogP contribution < -0.4 is 15.4 Å². The van der Waals surface area contributed by atoms with E-state index in [0.29, 0.717) is 13.2 Å². The fourth-order valence-electron chi connectivity index (χ4n) is 2.65. The standard InChI is InChI=1S/C22H26N4OS.HI/c1-2-23-22(25-13-11-21-10-6-14-28-21)26-16-18-7-5-9-20(15-18)27-17-19-8-3-4-12-24-19;/h3-10,12,14-15H,2,11,13,16-17H2,1H3,(H2,23,25,26);1H. The Balaban J connectivity index is 0.00000300. The summed E-state index contributed by atoms with van der Waals surface area (Å²) in [6.45, 7) is 4.82. The van der Waals surface area contributed by atoms with Gasteiger partial charge in [-0.2, -0.15) is 0 Å². The van der Waals surface area contributed by atoms with Crippen molar-refractivity contribution in [1.29, 1.82) is 0 Å². The lowest BCUT2D eigenvalue weighted by Crippen LogP contribution is -2.38. The van der Waals surface area contributed by atoms with Gasteiger partial charge in [0.1, 0.15) is 12.4 Å². The van der Waals surface area contributed by atoms with Crippen LogP contribution in [0, 0.1) is 0 Å². The normalized spacial score (nSPS) is 10.9. The Bertz CT molecular complexity index is 856. The van der Waals surface area contributed by atoms with Gasteiger partial charge in [0.05, 0.1) is 12.2 Å². The van der Waals surface area contributed by atoms with Crippen molar-refractivity contribution in [2.24, 2.45) is 4.99 Å². The van der Waals surface area contributed by atoms with Crippen molar-refractivity contribution >= 4 is 41.3 Å². The second-order valence-corrected chi connectivity index (χ2v) is 7.24. The topological polar surface area (TPSA) is 58.5 Å². The number of ether oxygens (including phenoxy) is 1. The highest BCUT2D eigenvalue weighted by molar-refractivity contribution is 14.0. The van der Waals surface area contributed by atoms with Gasteiger partial charge in [-0.1, -0.05) is 24.3 Å². The summed E-state index contributed by atoms with van der Waals surface area (Å²) in [4.78, 5) is 10.3. The average Bonchev–Trinajstić information content (AvgIpc) is 3.25. The molecule has 3 aromatic rings. The van der Waals surface area contributed by atoms with Crippen LogP contribution in [0.2, 0.25) is 0 Å². The number of halogens is 1. The molecule has 0 fully saturated rings. The number of guanidine groups is 1. The van der Waals surface area contributed by atoms with E-state index in [-0.39, 0.29) is 24.0 Å². The first-order chi connectivity index (χ1) is 13.8. The van der Waals surface area contributed by atoms with Crippen LogP contribution in [0.4, 0.5) is 0 Å². The highest BCUT2D eigenvalue weighted by atomic mass is 127. The zero-order valence-electron chi connectivity index (χ0n) is 16.5. The molecule has 2 aromatic heterocycles. The summed E-state index contributed by atoms with van der Waals surface area (Å²) in [7, 11) is 0. The third kappa shape index (κ3) is 8.41. The van der Waals surface area contributed by atoms with Crippen LogP contribution in [0.5, 0.6) is 5.75 Å². The first-order valence-electron chi connectivity index (χ1n) is 9.49. The van der Waals surface area contributed by atoms with Crippen molar-refractivity contribution < 1.29 is 4.74 Å².